The molecule has 2 aliphatic carbocycles. The average molecular weight is 362 g/mol. The number of carbonyl (C=O) groups excluding carboxylic acids is 1. The van der Waals surface area contributed by atoms with Crippen molar-refractivity contribution in [2.24, 2.45) is 17.6 Å². The lowest BCUT2D eigenvalue weighted by Gasteiger charge is -2.27. The van der Waals surface area contributed by atoms with Crippen LogP contribution in [-0.2, 0) is 11.2 Å². The number of nitrogens with one attached hydrogen (secondary N) is 1. The molecule has 2 saturated carbocycles. The molecule has 0 bridgehead atoms. The van der Waals surface area contributed by atoms with Gasteiger partial charge in [0.1, 0.15) is 11.6 Å². The molecule has 0 unspecified atom stereocenters. The van der Waals surface area contributed by atoms with Crippen molar-refractivity contribution in [2.75, 3.05) is 19.0 Å². The van der Waals surface area contributed by atoms with Crippen molar-refractivity contribution in [3.63, 3.8) is 0 Å². The summed E-state index contributed by atoms with van der Waals surface area (Å²) in [4.78, 5) is 20.7. The summed E-state index contributed by atoms with van der Waals surface area (Å²) in [7, 11) is 1.76. The minimum absolute atomic E-state index is 0.121. The van der Waals surface area contributed by atoms with Crippen LogP contribution in [-0.4, -0.2) is 46.8 Å². The zero-order valence-corrected chi connectivity index (χ0v) is 15.5. The topological polar surface area (TPSA) is 110 Å². The Hall–Kier alpha value is -1.73. The molecule has 7 heteroatoms. The van der Waals surface area contributed by atoms with Crippen LogP contribution < -0.4 is 11.1 Å². The monoisotopic (exact) mass is 362 g/mol. The number of aliphatic hydroxyl groups is 1. The molecule has 1 aromatic rings. The molecular weight excluding hydrogens is 332 g/mol. The lowest BCUT2D eigenvalue weighted by atomic mass is 9.81. The first kappa shape index (κ1) is 19.0. The summed E-state index contributed by atoms with van der Waals surface area (Å²) in [5.41, 5.74) is 5.79. The number of hydrogen-bond acceptors (Lipinski definition) is 6. The number of ether oxygens (including phenoxy) is 1. The normalized spacial score (nSPS) is 28.8. The van der Waals surface area contributed by atoms with Crippen LogP contribution in [0.2, 0.25) is 0 Å². The summed E-state index contributed by atoms with van der Waals surface area (Å²) in [5, 5.41) is 13.0. The zero-order valence-electron chi connectivity index (χ0n) is 15.5. The van der Waals surface area contributed by atoms with Gasteiger partial charge < -0.3 is 20.9 Å². The number of aliphatic hydroxyl groups excluding tert-OH is 1. The number of hydrogen-bond donors (Lipinski definition) is 3. The van der Waals surface area contributed by atoms with Crippen LogP contribution in [0.3, 0.4) is 0 Å². The maximum absolute atomic E-state index is 11.7. The highest BCUT2D eigenvalue weighted by Crippen LogP contribution is 2.31. The minimum Gasteiger partial charge on any atom is -0.393 e. The smallest absolute Gasteiger partial charge is 0.254 e. The van der Waals surface area contributed by atoms with E-state index in [-0.39, 0.29) is 12.1 Å². The average Bonchev–Trinajstić information content (AvgIpc) is 3.02. The molecule has 0 radical (unpaired) electrons. The Morgan fingerprint density at radius 2 is 2.00 bits per heavy atom. The molecule has 144 valence electrons. The third-order valence-electron chi connectivity index (χ3n) is 5.69. The first-order chi connectivity index (χ1) is 12.5. The number of primary amides is 1. The van der Waals surface area contributed by atoms with Crippen LogP contribution in [0.25, 0.3) is 0 Å². The second kappa shape index (κ2) is 8.77. The molecule has 0 aromatic carbocycles. The summed E-state index contributed by atoms with van der Waals surface area (Å²) < 4.78 is 5.26. The number of rotatable bonds is 7. The van der Waals surface area contributed by atoms with Crippen molar-refractivity contribution in [2.45, 2.75) is 63.5 Å². The van der Waals surface area contributed by atoms with E-state index >= 15 is 0 Å². The van der Waals surface area contributed by atoms with Gasteiger partial charge in [-0.3, -0.25) is 4.79 Å². The number of nitrogens with zero attached hydrogens (tertiary/aromatic N) is 2. The highest BCUT2D eigenvalue weighted by atomic mass is 16.5. The third-order valence-corrected chi connectivity index (χ3v) is 5.69. The zero-order chi connectivity index (χ0) is 18.5. The largest absolute Gasteiger partial charge is 0.393 e. The Balaban J connectivity index is 1.64. The van der Waals surface area contributed by atoms with Gasteiger partial charge in [-0.05, 0) is 56.8 Å². The molecule has 2 fully saturated rings. The third kappa shape index (κ3) is 4.92. The second-order valence-electron chi connectivity index (χ2n) is 7.77. The van der Waals surface area contributed by atoms with Crippen molar-refractivity contribution < 1.29 is 14.6 Å². The van der Waals surface area contributed by atoms with Gasteiger partial charge in [-0.15, -0.1) is 0 Å². The predicted octanol–water partition coefficient (Wildman–Crippen LogP) is 1.90. The number of carbonyl (C=O) groups is 1. The number of nitrogens with two attached hydrogens (primary N) is 1. The van der Waals surface area contributed by atoms with E-state index in [2.05, 4.69) is 15.3 Å². The molecule has 26 heavy (non-hydrogen) atoms. The van der Waals surface area contributed by atoms with Crippen molar-refractivity contribution in [3.05, 3.63) is 17.6 Å². The fraction of sp³-hybridized carbons (Fsp3) is 0.737. The highest BCUT2D eigenvalue weighted by Gasteiger charge is 2.26. The Morgan fingerprint density at radius 3 is 2.62 bits per heavy atom. The maximum atomic E-state index is 11.7. The SMILES string of the molecule is COC[C@H]1CC[C@H](Cc2ncc(C(N)=O)c(N[C@H]3CC[C@@H](O)C3)n2)CC1. The standard InChI is InChI=1S/C19H30N4O3/c1-26-11-13-4-2-12(3-5-13)8-17-21-10-16(18(20)25)19(23-17)22-14-6-7-15(24)9-14/h10,12-15,24H,2-9,11H2,1H3,(H2,20,25)(H,21,22,23)/t12-,13-,14-,15+/m0/s1. The number of aromatic nitrogens is 2. The summed E-state index contributed by atoms with van der Waals surface area (Å²) in [6, 6.07) is 0.121. The molecule has 1 aromatic heterocycles. The number of anilines is 1. The van der Waals surface area contributed by atoms with Crippen LogP contribution in [0.15, 0.2) is 6.20 Å². The van der Waals surface area contributed by atoms with Crippen molar-refractivity contribution >= 4 is 11.7 Å². The molecule has 0 saturated heterocycles. The fourth-order valence-corrected chi connectivity index (χ4v) is 4.19. The van der Waals surface area contributed by atoms with Crippen LogP contribution in [0.1, 0.15) is 61.1 Å². The highest BCUT2D eigenvalue weighted by molar-refractivity contribution is 5.97. The molecule has 2 atom stereocenters. The predicted molar refractivity (Wildman–Crippen MR) is 98.8 cm³/mol. The van der Waals surface area contributed by atoms with E-state index in [4.69, 9.17) is 10.5 Å². The Kier molecular flexibility index (Phi) is 6.43. The molecular formula is C19H30N4O3. The lowest BCUT2D eigenvalue weighted by Crippen LogP contribution is -2.24. The van der Waals surface area contributed by atoms with E-state index in [1.54, 1.807) is 7.11 Å². The molecule has 7 nitrogen and oxygen atoms in total. The van der Waals surface area contributed by atoms with Crippen LogP contribution >= 0.6 is 0 Å². The Labute approximate surface area is 154 Å². The van der Waals surface area contributed by atoms with Gasteiger partial charge in [0.15, 0.2) is 0 Å². The minimum atomic E-state index is -0.530. The summed E-state index contributed by atoms with van der Waals surface area (Å²) in [5.74, 6) is 1.97. The van der Waals surface area contributed by atoms with Gasteiger partial charge in [0.2, 0.25) is 0 Å². The van der Waals surface area contributed by atoms with Gasteiger partial charge in [-0.25, -0.2) is 9.97 Å². The van der Waals surface area contributed by atoms with Crippen molar-refractivity contribution in [1.82, 2.24) is 9.97 Å². The molecule has 1 amide bonds. The molecule has 0 aliphatic heterocycles. The van der Waals surface area contributed by atoms with Gasteiger partial charge in [0.25, 0.3) is 5.91 Å². The molecule has 1 heterocycles. The number of amides is 1. The van der Waals surface area contributed by atoms with E-state index in [0.29, 0.717) is 29.6 Å². The molecule has 0 spiro atoms. The van der Waals surface area contributed by atoms with Gasteiger partial charge in [-0.2, -0.15) is 0 Å². The first-order valence-corrected chi connectivity index (χ1v) is 9.64. The van der Waals surface area contributed by atoms with Crippen LogP contribution in [0.4, 0.5) is 5.82 Å². The van der Waals surface area contributed by atoms with E-state index in [0.717, 1.165) is 44.5 Å². The molecule has 2 aliphatic rings. The van der Waals surface area contributed by atoms with E-state index in [1.165, 1.54) is 19.0 Å². The van der Waals surface area contributed by atoms with E-state index in [1.807, 2.05) is 0 Å². The van der Waals surface area contributed by atoms with Gasteiger partial charge in [0, 0.05) is 32.4 Å². The maximum Gasteiger partial charge on any atom is 0.254 e. The lowest BCUT2D eigenvalue weighted by molar-refractivity contribution is 0.100. The second-order valence-corrected chi connectivity index (χ2v) is 7.77. The first-order valence-electron chi connectivity index (χ1n) is 9.64. The van der Waals surface area contributed by atoms with Gasteiger partial charge in [0.05, 0.1) is 11.7 Å². The summed E-state index contributed by atoms with van der Waals surface area (Å²) in [6.45, 7) is 0.845. The van der Waals surface area contributed by atoms with Gasteiger partial charge >= 0.3 is 0 Å². The Morgan fingerprint density at radius 1 is 1.27 bits per heavy atom. The van der Waals surface area contributed by atoms with Crippen molar-refractivity contribution in [1.29, 1.82) is 0 Å². The molecule has 3 rings (SSSR count). The summed E-state index contributed by atoms with van der Waals surface area (Å²) >= 11 is 0. The van der Waals surface area contributed by atoms with Crippen molar-refractivity contribution in [3.8, 4) is 0 Å². The van der Waals surface area contributed by atoms with Crippen LogP contribution in [0.5, 0.6) is 0 Å². The summed E-state index contributed by atoms with van der Waals surface area (Å²) in [6.07, 6.45) is 9.06. The number of methoxy groups -OCH3 is 1. The molecule has 4 N–H and O–H groups in total. The van der Waals surface area contributed by atoms with E-state index in [9.17, 15) is 9.90 Å². The van der Waals surface area contributed by atoms with Gasteiger partial charge in [-0.1, -0.05) is 0 Å². The fourth-order valence-electron chi connectivity index (χ4n) is 4.19. The van der Waals surface area contributed by atoms with Crippen LogP contribution in [0, 0.1) is 11.8 Å². The Bertz CT molecular complexity index is 617. The van der Waals surface area contributed by atoms with E-state index < -0.39 is 5.91 Å². The quantitative estimate of drug-likeness (QED) is 0.683.